The van der Waals surface area contributed by atoms with Crippen molar-refractivity contribution < 1.29 is 27.8 Å². The van der Waals surface area contributed by atoms with E-state index in [-0.39, 0.29) is 18.1 Å². The highest BCUT2D eigenvalue weighted by Crippen LogP contribution is 2.67. The van der Waals surface area contributed by atoms with Crippen molar-refractivity contribution >= 4 is 5.78 Å². The zero-order chi connectivity index (χ0) is 21.9. The van der Waals surface area contributed by atoms with Crippen LogP contribution in [0.2, 0.25) is 0 Å². The number of carbonyl (C=O) groups is 1. The van der Waals surface area contributed by atoms with Crippen molar-refractivity contribution in [3.05, 3.63) is 0 Å². The molecule has 0 heterocycles. The highest BCUT2D eigenvalue weighted by molar-refractivity contribution is 5.84. The van der Waals surface area contributed by atoms with Crippen molar-refractivity contribution in [2.75, 3.05) is 6.61 Å². The maximum absolute atomic E-state index is 12.5. The zero-order valence-electron chi connectivity index (χ0n) is 18.6. The number of halogens is 3. The third-order valence-electron chi connectivity index (χ3n) is 9.83. The molecule has 30 heavy (non-hydrogen) atoms. The molecule has 0 amide bonds. The number of carbonyl (C=O) groups excluding carboxylic acids is 1. The molecule has 3 nitrogen and oxygen atoms in total. The number of aliphatic hydroxyl groups is 1. The van der Waals surface area contributed by atoms with Crippen molar-refractivity contribution in [3.8, 4) is 0 Å². The Hall–Kier alpha value is -0.620. The highest BCUT2D eigenvalue weighted by atomic mass is 19.4. The minimum atomic E-state index is -4.76. The first-order valence-corrected chi connectivity index (χ1v) is 11.8. The summed E-state index contributed by atoms with van der Waals surface area (Å²) in [7, 11) is 0. The van der Waals surface area contributed by atoms with Crippen molar-refractivity contribution in [1.82, 2.24) is 0 Å². The second-order valence-corrected chi connectivity index (χ2v) is 11.5. The number of ketones is 1. The van der Waals surface area contributed by atoms with Gasteiger partial charge in [-0.15, -0.1) is 0 Å². The number of rotatable bonds is 4. The summed E-state index contributed by atoms with van der Waals surface area (Å²) in [5.74, 6) is 0.785. The lowest BCUT2D eigenvalue weighted by Crippen LogP contribution is -2.56. The van der Waals surface area contributed by atoms with E-state index in [1.54, 1.807) is 0 Å². The van der Waals surface area contributed by atoms with E-state index in [1.807, 2.05) is 6.92 Å². The molecule has 8 atom stereocenters. The van der Waals surface area contributed by atoms with Gasteiger partial charge >= 0.3 is 6.18 Å². The van der Waals surface area contributed by atoms with Crippen molar-refractivity contribution in [2.24, 2.45) is 34.5 Å². The molecule has 0 spiro atoms. The van der Waals surface area contributed by atoms with Crippen LogP contribution in [0.5, 0.6) is 0 Å². The molecule has 4 unspecified atom stereocenters. The second kappa shape index (κ2) is 7.47. The maximum Gasteiger partial charge on any atom is 0.450 e. The molecule has 4 rings (SSSR count). The normalized spacial score (nSPS) is 48.6. The maximum atomic E-state index is 12.5. The molecule has 4 aliphatic rings. The summed E-state index contributed by atoms with van der Waals surface area (Å²) < 4.78 is 43.4. The monoisotopic (exact) mass is 430 g/mol. The van der Waals surface area contributed by atoms with Gasteiger partial charge in [0.05, 0.1) is 18.3 Å². The van der Waals surface area contributed by atoms with Gasteiger partial charge in [0.2, 0.25) is 5.78 Å². The van der Waals surface area contributed by atoms with Gasteiger partial charge in [0.25, 0.3) is 0 Å². The lowest BCUT2D eigenvalue weighted by atomic mass is 9.44. The molecule has 1 N–H and O–H groups in total. The van der Waals surface area contributed by atoms with E-state index >= 15 is 0 Å². The van der Waals surface area contributed by atoms with Gasteiger partial charge in [-0.25, -0.2) is 0 Å². The summed E-state index contributed by atoms with van der Waals surface area (Å²) in [5, 5.41) is 10.6. The van der Waals surface area contributed by atoms with E-state index < -0.39 is 24.0 Å². The average Bonchev–Trinajstić information content (AvgIpc) is 2.98. The zero-order valence-corrected chi connectivity index (χ0v) is 18.6. The largest absolute Gasteiger partial charge is 0.450 e. The first-order chi connectivity index (χ1) is 13.9. The van der Waals surface area contributed by atoms with Gasteiger partial charge < -0.3 is 9.84 Å². The quantitative estimate of drug-likeness (QED) is 0.624. The number of hydrogen-bond acceptors (Lipinski definition) is 3. The van der Waals surface area contributed by atoms with Crippen LogP contribution in [0.25, 0.3) is 0 Å². The Balaban J connectivity index is 1.42. The van der Waals surface area contributed by atoms with E-state index in [4.69, 9.17) is 4.74 Å². The Bertz CT molecular complexity index is 675. The summed E-state index contributed by atoms with van der Waals surface area (Å²) in [6.45, 7) is 6.59. The standard InChI is InChI=1S/C24H37F3O3/c1-21(29)11-12-22(2)15(14-21)4-5-16-17-6-7-20(23(17,3)10-8-18(16)22)30-13-9-19(28)24(25,26)27/h15-18,20,29H,4-14H2,1-3H3/t15-,16?,17?,18?,20-,21-,22-,23?/m0/s1. The van der Waals surface area contributed by atoms with Gasteiger partial charge in [-0.2, -0.15) is 13.2 Å². The predicted molar refractivity (Wildman–Crippen MR) is 108 cm³/mol. The molecular weight excluding hydrogens is 393 g/mol. The lowest BCUT2D eigenvalue weighted by molar-refractivity contribution is -0.174. The number of ether oxygens (including phenoxy) is 1. The van der Waals surface area contributed by atoms with Crippen molar-refractivity contribution in [2.45, 2.75) is 103 Å². The summed E-state index contributed by atoms with van der Waals surface area (Å²) in [6, 6.07) is 0. The summed E-state index contributed by atoms with van der Waals surface area (Å²) >= 11 is 0. The van der Waals surface area contributed by atoms with Crippen LogP contribution in [0.4, 0.5) is 13.2 Å². The molecule has 0 saturated heterocycles. The predicted octanol–water partition coefficient (Wildman–Crippen LogP) is 5.69. The Morgan fingerprint density at radius 2 is 1.67 bits per heavy atom. The van der Waals surface area contributed by atoms with Crippen LogP contribution in [0, 0.1) is 34.5 Å². The van der Waals surface area contributed by atoms with Gasteiger partial charge in [0.1, 0.15) is 0 Å². The third kappa shape index (κ3) is 3.74. The van der Waals surface area contributed by atoms with E-state index in [9.17, 15) is 23.1 Å². The van der Waals surface area contributed by atoms with E-state index in [1.165, 1.54) is 12.8 Å². The summed E-state index contributed by atoms with van der Waals surface area (Å²) in [5.41, 5.74) is -0.225. The third-order valence-corrected chi connectivity index (χ3v) is 9.83. The highest BCUT2D eigenvalue weighted by Gasteiger charge is 2.61. The van der Waals surface area contributed by atoms with Crippen LogP contribution >= 0.6 is 0 Å². The Kier molecular flexibility index (Phi) is 5.62. The molecule has 4 aliphatic carbocycles. The fourth-order valence-electron chi connectivity index (χ4n) is 8.09. The number of fused-ring (bicyclic) bond motifs is 5. The molecule has 4 saturated carbocycles. The van der Waals surface area contributed by atoms with Crippen molar-refractivity contribution in [3.63, 3.8) is 0 Å². The van der Waals surface area contributed by atoms with Crippen LogP contribution in [0.3, 0.4) is 0 Å². The molecule has 172 valence electrons. The van der Waals surface area contributed by atoms with Crippen LogP contribution in [0.15, 0.2) is 0 Å². The van der Waals surface area contributed by atoms with Crippen LogP contribution < -0.4 is 0 Å². The summed E-state index contributed by atoms with van der Waals surface area (Å²) in [6.07, 6.45) is 4.03. The lowest BCUT2D eigenvalue weighted by Gasteiger charge is -2.61. The minimum Gasteiger partial charge on any atom is -0.390 e. The molecule has 4 fully saturated rings. The minimum absolute atomic E-state index is 0.00576. The number of Topliss-reactive ketones (excluding diaryl/α,β-unsaturated/α-hetero) is 1. The smallest absolute Gasteiger partial charge is 0.390 e. The Labute approximate surface area is 178 Å². The van der Waals surface area contributed by atoms with Gasteiger partial charge in [-0.05, 0) is 99.2 Å². The first kappa shape index (κ1) is 22.6. The van der Waals surface area contributed by atoms with Gasteiger partial charge in [-0.1, -0.05) is 13.8 Å². The molecule has 0 aromatic carbocycles. The molecule has 0 bridgehead atoms. The van der Waals surface area contributed by atoms with Gasteiger partial charge in [-0.3, -0.25) is 4.79 Å². The molecular formula is C24H37F3O3. The number of hydrogen-bond donors (Lipinski definition) is 1. The Morgan fingerprint density at radius 1 is 0.967 bits per heavy atom. The molecule has 0 aromatic heterocycles. The topological polar surface area (TPSA) is 46.5 Å². The molecule has 6 heteroatoms. The number of alkyl halides is 3. The van der Waals surface area contributed by atoms with Crippen LogP contribution in [0.1, 0.15) is 85.0 Å². The van der Waals surface area contributed by atoms with Gasteiger partial charge in [0.15, 0.2) is 0 Å². The van der Waals surface area contributed by atoms with E-state index in [2.05, 4.69) is 13.8 Å². The SMILES string of the molecule is CC12CCC3C(CC[C@H]4C[C@@](C)(O)CC[C@]34C)C1CC[C@@H]2OCCC(=O)C(F)(F)F. The average molecular weight is 431 g/mol. The molecule has 0 radical (unpaired) electrons. The van der Waals surface area contributed by atoms with Crippen LogP contribution in [-0.2, 0) is 9.53 Å². The van der Waals surface area contributed by atoms with Crippen LogP contribution in [-0.4, -0.2) is 35.4 Å². The first-order valence-electron chi connectivity index (χ1n) is 11.8. The fourth-order valence-corrected chi connectivity index (χ4v) is 8.09. The fraction of sp³-hybridized carbons (Fsp3) is 0.958. The van der Waals surface area contributed by atoms with Gasteiger partial charge in [0, 0.05) is 6.42 Å². The Morgan fingerprint density at radius 3 is 2.37 bits per heavy atom. The van der Waals surface area contributed by atoms with E-state index in [0.717, 1.165) is 44.9 Å². The van der Waals surface area contributed by atoms with E-state index in [0.29, 0.717) is 29.1 Å². The molecule has 0 aliphatic heterocycles. The van der Waals surface area contributed by atoms with Crippen molar-refractivity contribution in [1.29, 1.82) is 0 Å². The second-order valence-electron chi connectivity index (χ2n) is 11.5. The summed E-state index contributed by atoms with van der Waals surface area (Å²) in [4.78, 5) is 11.2. The molecule has 0 aromatic rings.